The molecule has 0 spiro atoms. The van der Waals surface area contributed by atoms with Crippen LogP contribution in [0.5, 0.6) is 0 Å². The molecule has 4 rings (SSSR count). The molecule has 0 aromatic rings. The number of ketones is 1. The Morgan fingerprint density at radius 2 is 1.81 bits per heavy atom. The third-order valence-electron chi connectivity index (χ3n) is 7.96. The van der Waals surface area contributed by atoms with Crippen LogP contribution in [0.1, 0.15) is 33.6 Å². The minimum Gasteiger partial charge on any atom is -0.843 e. The molecule has 3 fully saturated rings. The van der Waals surface area contributed by atoms with Crippen LogP contribution < -0.4 is 5.11 Å². The first-order chi connectivity index (χ1) is 12.4. The molecule has 2 bridgehead atoms. The van der Waals surface area contributed by atoms with E-state index in [1.807, 2.05) is 0 Å². The first-order valence-corrected chi connectivity index (χ1v) is 9.42. The number of aliphatic hydroxyl groups is 5. The van der Waals surface area contributed by atoms with E-state index in [1.165, 1.54) is 6.92 Å². The van der Waals surface area contributed by atoms with E-state index in [-0.39, 0.29) is 25.0 Å². The fourth-order valence-electron chi connectivity index (χ4n) is 5.99. The van der Waals surface area contributed by atoms with E-state index >= 15 is 0 Å². The monoisotopic (exact) mass is 383 g/mol. The van der Waals surface area contributed by atoms with Crippen LogP contribution in [-0.4, -0.2) is 79.6 Å². The molecule has 8 nitrogen and oxygen atoms in total. The van der Waals surface area contributed by atoms with Crippen LogP contribution in [0, 0.1) is 17.3 Å². The van der Waals surface area contributed by atoms with Gasteiger partial charge in [0.25, 0.3) is 0 Å². The van der Waals surface area contributed by atoms with Crippen LogP contribution >= 0.6 is 0 Å². The molecule has 1 saturated heterocycles. The van der Waals surface area contributed by atoms with Gasteiger partial charge in [0.1, 0.15) is 11.4 Å². The highest BCUT2D eigenvalue weighted by molar-refractivity contribution is 5.92. The zero-order chi connectivity index (χ0) is 20.1. The highest BCUT2D eigenvalue weighted by Gasteiger charge is 2.72. The maximum absolute atomic E-state index is 13.3. The zero-order valence-electron chi connectivity index (χ0n) is 15.6. The van der Waals surface area contributed by atoms with E-state index in [4.69, 9.17) is 4.74 Å². The van der Waals surface area contributed by atoms with Gasteiger partial charge in [-0.1, -0.05) is 12.5 Å². The Morgan fingerprint density at radius 1 is 1.19 bits per heavy atom. The summed E-state index contributed by atoms with van der Waals surface area (Å²) in [5.74, 6) is -3.01. The molecule has 152 valence electrons. The first-order valence-electron chi connectivity index (χ1n) is 9.42. The lowest BCUT2D eigenvalue weighted by Gasteiger charge is -2.66. The van der Waals surface area contributed by atoms with E-state index in [2.05, 4.69) is 0 Å². The molecule has 0 amide bonds. The van der Waals surface area contributed by atoms with Crippen molar-refractivity contribution >= 4 is 5.78 Å². The van der Waals surface area contributed by atoms with E-state index in [0.29, 0.717) is 5.57 Å². The summed E-state index contributed by atoms with van der Waals surface area (Å²) in [6.07, 6.45) is -7.09. The molecule has 27 heavy (non-hydrogen) atoms. The van der Waals surface area contributed by atoms with Gasteiger partial charge in [0, 0.05) is 24.7 Å². The van der Waals surface area contributed by atoms with Gasteiger partial charge in [-0.25, -0.2) is 0 Å². The second-order valence-corrected chi connectivity index (χ2v) is 9.06. The van der Waals surface area contributed by atoms with Crippen LogP contribution in [-0.2, 0) is 9.53 Å². The number of fused-ring (bicyclic) bond motifs is 5. The summed E-state index contributed by atoms with van der Waals surface area (Å²) in [5, 5.41) is 68.2. The van der Waals surface area contributed by atoms with Crippen molar-refractivity contribution in [3.8, 4) is 0 Å². The number of Topliss-reactive ketones (excluding diaryl/α,β-unsaturated/α-hetero) is 1. The van der Waals surface area contributed by atoms with Crippen molar-refractivity contribution in [2.75, 3.05) is 6.61 Å². The Bertz CT molecular complexity index is 720. The van der Waals surface area contributed by atoms with Gasteiger partial charge in [0.15, 0.2) is 0 Å². The smallest absolute Gasteiger partial charge is 0.132 e. The normalized spacial score (nSPS) is 58.0. The quantitative estimate of drug-likeness (QED) is 0.291. The highest BCUT2D eigenvalue weighted by Crippen LogP contribution is 2.59. The molecular formula is C19H27O8-. The molecule has 0 radical (unpaired) electrons. The summed E-state index contributed by atoms with van der Waals surface area (Å²) in [7, 11) is 0. The van der Waals surface area contributed by atoms with Crippen molar-refractivity contribution in [3.05, 3.63) is 11.1 Å². The average Bonchev–Trinajstić information content (AvgIpc) is 2.60. The number of hydrogen-bond donors (Lipinski definition) is 5. The summed E-state index contributed by atoms with van der Waals surface area (Å²) in [6, 6.07) is 0. The lowest BCUT2D eigenvalue weighted by atomic mass is 9.47. The van der Waals surface area contributed by atoms with Crippen molar-refractivity contribution in [2.45, 2.75) is 75.3 Å². The Hall–Kier alpha value is -0.870. The average molecular weight is 383 g/mol. The standard InChI is InChI=1S/C19H27O8/c1-7-9(20)5-18(25)8(2)12(7)13(22)15(23)17(3)10(21)4-11-19(26,6-27-11)14(17)16(18)24/h8-11,13-14,16,20-21,24-26H,4-6H2,1-3H3/q-1/t8?,9-,10-,11+,13?,14-,16-,17+,18-,19-/m0/s1. The molecule has 0 aromatic carbocycles. The van der Waals surface area contributed by atoms with E-state index in [0.717, 1.165) is 0 Å². The first kappa shape index (κ1) is 19.4. The summed E-state index contributed by atoms with van der Waals surface area (Å²) < 4.78 is 5.34. The highest BCUT2D eigenvalue weighted by atomic mass is 16.6. The van der Waals surface area contributed by atoms with Gasteiger partial charge in [-0.15, -0.1) is 0 Å². The number of aliphatic hydroxyl groups excluding tert-OH is 3. The van der Waals surface area contributed by atoms with Crippen molar-refractivity contribution in [1.82, 2.24) is 0 Å². The molecule has 8 heteroatoms. The Labute approximate surface area is 157 Å². The molecule has 2 saturated carbocycles. The van der Waals surface area contributed by atoms with Crippen LogP contribution in [0.2, 0.25) is 0 Å². The van der Waals surface area contributed by atoms with E-state index in [1.54, 1.807) is 13.8 Å². The molecule has 10 atom stereocenters. The van der Waals surface area contributed by atoms with Gasteiger partial charge in [-0.2, -0.15) is 0 Å². The number of hydrogen-bond acceptors (Lipinski definition) is 8. The van der Waals surface area contributed by atoms with Gasteiger partial charge >= 0.3 is 0 Å². The van der Waals surface area contributed by atoms with Gasteiger partial charge in [0.2, 0.25) is 0 Å². The SMILES string of the molecule is CC1=C2C([O-])C(=O)[C@@]3(C)[C@H]([C@H](O)[C@](O)(C[C@@H]1O)C2C)[C@]1(O)CO[C@@H]1C[C@@H]3O. The Morgan fingerprint density at radius 3 is 2.37 bits per heavy atom. The van der Waals surface area contributed by atoms with Gasteiger partial charge < -0.3 is 35.4 Å². The fourth-order valence-corrected chi connectivity index (χ4v) is 5.99. The van der Waals surface area contributed by atoms with Gasteiger partial charge in [0.05, 0.1) is 42.0 Å². The van der Waals surface area contributed by atoms with Gasteiger partial charge in [-0.3, -0.25) is 4.79 Å². The predicted octanol–water partition coefficient (Wildman–Crippen LogP) is -2.38. The maximum Gasteiger partial charge on any atom is 0.132 e. The number of carbonyl (C=O) groups is 1. The van der Waals surface area contributed by atoms with E-state index < -0.39 is 64.8 Å². The molecule has 3 aliphatic carbocycles. The molecule has 1 aliphatic heterocycles. The third-order valence-corrected chi connectivity index (χ3v) is 7.96. The Balaban J connectivity index is 1.97. The molecule has 2 unspecified atom stereocenters. The fraction of sp³-hybridized carbons (Fsp3) is 0.842. The lowest BCUT2D eigenvalue weighted by Crippen LogP contribution is -2.80. The van der Waals surface area contributed by atoms with Gasteiger partial charge in [-0.05, 0) is 25.5 Å². The molecular weight excluding hydrogens is 356 g/mol. The maximum atomic E-state index is 13.3. The Kier molecular flexibility index (Phi) is 4.03. The van der Waals surface area contributed by atoms with Crippen molar-refractivity contribution in [3.63, 3.8) is 0 Å². The minimum atomic E-state index is -1.92. The molecule has 0 aromatic heterocycles. The van der Waals surface area contributed by atoms with Crippen molar-refractivity contribution in [2.24, 2.45) is 17.3 Å². The number of carbonyl (C=O) groups excluding carboxylic acids is 1. The molecule has 1 heterocycles. The number of ether oxygens (including phenoxy) is 1. The van der Waals surface area contributed by atoms with E-state index in [9.17, 15) is 35.4 Å². The summed E-state index contributed by atoms with van der Waals surface area (Å²) in [6.45, 7) is 4.31. The second-order valence-electron chi connectivity index (χ2n) is 9.06. The number of rotatable bonds is 0. The van der Waals surface area contributed by atoms with Crippen LogP contribution in [0.15, 0.2) is 11.1 Å². The third kappa shape index (κ3) is 2.09. The summed E-state index contributed by atoms with van der Waals surface area (Å²) in [5.41, 5.74) is -4.93. The van der Waals surface area contributed by atoms with Crippen LogP contribution in [0.25, 0.3) is 0 Å². The summed E-state index contributed by atoms with van der Waals surface area (Å²) >= 11 is 0. The molecule has 5 N–H and O–H groups in total. The van der Waals surface area contributed by atoms with Crippen LogP contribution in [0.3, 0.4) is 0 Å². The second kappa shape index (κ2) is 5.60. The summed E-state index contributed by atoms with van der Waals surface area (Å²) in [4.78, 5) is 13.3. The van der Waals surface area contributed by atoms with Crippen molar-refractivity contribution in [1.29, 1.82) is 0 Å². The molecule has 4 aliphatic rings. The minimum absolute atomic E-state index is 0.0384. The topological polar surface area (TPSA) is 151 Å². The largest absolute Gasteiger partial charge is 0.843 e. The zero-order valence-corrected chi connectivity index (χ0v) is 15.6. The van der Waals surface area contributed by atoms with Crippen molar-refractivity contribution < 1.29 is 40.2 Å². The van der Waals surface area contributed by atoms with Crippen LogP contribution in [0.4, 0.5) is 0 Å². The predicted molar refractivity (Wildman–Crippen MR) is 89.2 cm³/mol. The lowest BCUT2D eigenvalue weighted by molar-refractivity contribution is -0.405.